The molecule has 2 N–H and O–H groups in total. The van der Waals surface area contributed by atoms with Crippen molar-refractivity contribution in [1.82, 2.24) is 14.9 Å². The molecule has 110 valence electrons. The Bertz CT molecular complexity index is 594. The maximum absolute atomic E-state index is 5.74. The van der Waals surface area contributed by atoms with Crippen LogP contribution in [0.4, 0.5) is 5.95 Å². The quantitative estimate of drug-likeness (QED) is 0.940. The van der Waals surface area contributed by atoms with Gasteiger partial charge in [-0.05, 0) is 37.9 Å². The fraction of sp³-hybridized carbons (Fsp3) is 0.412. The minimum absolute atomic E-state index is 0.352. The number of aromatic nitrogens is 2. The van der Waals surface area contributed by atoms with Gasteiger partial charge in [-0.3, -0.25) is 4.90 Å². The Labute approximate surface area is 126 Å². The Morgan fingerprint density at radius 2 is 2.00 bits per heavy atom. The highest BCUT2D eigenvalue weighted by atomic mass is 15.2. The first-order valence-electron chi connectivity index (χ1n) is 7.60. The molecule has 1 unspecified atom stereocenters. The van der Waals surface area contributed by atoms with Crippen molar-refractivity contribution < 1.29 is 0 Å². The van der Waals surface area contributed by atoms with Gasteiger partial charge < -0.3 is 5.73 Å². The summed E-state index contributed by atoms with van der Waals surface area (Å²) in [5.41, 5.74) is 9.45. The molecule has 3 rings (SSSR count). The number of benzene rings is 1. The molecular weight excluding hydrogens is 260 g/mol. The zero-order chi connectivity index (χ0) is 14.7. The molecule has 2 heterocycles. The van der Waals surface area contributed by atoms with E-state index in [0.717, 1.165) is 25.2 Å². The molecule has 1 saturated heterocycles. The number of likely N-dealkylation sites (tertiary alicyclic amines) is 1. The monoisotopic (exact) mass is 282 g/mol. The van der Waals surface area contributed by atoms with Gasteiger partial charge in [0, 0.05) is 12.7 Å². The van der Waals surface area contributed by atoms with Gasteiger partial charge in [-0.15, -0.1) is 0 Å². The standard InChI is InChI=1S/C17H22N4/c1-13-5-7-14(8-6-13)12-21-11-3-2-4-16(21)15-9-10-19-17(18)20-15/h5-10,16H,2-4,11-12H2,1H3,(H2,18,19,20). The second-order valence-corrected chi connectivity index (χ2v) is 5.81. The third-order valence-corrected chi connectivity index (χ3v) is 4.16. The van der Waals surface area contributed by atoms with E-state index in [1.807, 2.05) is 6.07 Å². The number of rotatable bonds is 3. The highest BCUT2D eigenvalue weighted by Gasteiger charge is 2.25. The van der Waals surface area contributed by atoms with Crippen LogP contribution in [0.1, 0.15) is 42.1 Å². The molecular formula is C17H22N4. The summed E-state index contributed by atoms with van der Waals surface area (Å²) >= 11 is 0. The summed E-state index contributed by atoms with van der Waals surface area (Å²) < 4.78 is 0. The molecule has 4 heteroatoms. The second kappa shape index (κ2) is 6.22. The van der Waals surface area contributed by atoms with Gasteiger partial charge in [0.05, 0.1) is 11.7 Å². The first kappa shape index (κ1) is 14.0. The molecule has 1 aromatic heterocycles. The van der Waals surface area contributed by atoms with Crippen molar-refractivity contribution in [3.63, 3.8) is 0 Å². The van der Waals surface area contributed by atoms with Gasteiger partial charge in [0.2, 0.25) is 5.95 Å². The van der Waals surface area contributed by atoms with E-state index in [2.05, 4.69) is 46.1 Å². The van der Waals surface area contributed by atoms with E-state index in [-0.39, 0.29) is 0 Å². The summed E-state index contributed by atoms with van der Waals surface area (Å²) in [6.45, 7) is 4.20. The van der Waals surface area contributed by atoms with Gasteiger partial charge in [0.1, 0.15) is 0 Å². The van der Waals surface area contributed by atoms with Crippen molar-refractivity contribution in [3.05, 3.63) is 53.3 Å². The average molecular weight is 282 g/mol. The molecule has 1 fully saturated rings. The lowest BCUT2D eigenvalue weighted by molar-refractivity contribution is 0.137. The molecule has 4 nitrogen and oxygen atoms in total. The summed E-state index contributed by atoms with van der Waals surface area (Å²) in [5, 5.41) is 0. The zero-order valence-electron chi connectivity index (χ0n) is 12.5. The Balaban J connectivity index is 1.79. The van der Waals surface area contributed by atoms with Crippen molar-refractivity contribution in [2.24, 2.45) is 0 Å². The summed E-state index contributed by atoms with van der Waals surface area (Å²) in [4.78, 5) is 10.9. The summed E-state index contributed by atoms with van der Waals surface area (Å²) in [5.74, 6) is 0.369. The largest absolute Gasteiger partial charge is 0.368 e. The molecule has 0 bridgehead atoms. The topological polar surface area (TPSA) is 55.0 Å². The van der Waals surface area contributed by atoms with Crippen molar-refractivity contribution in [2.45, 2.75) is 38.8 Å². The Morgan fingerprint density at radius 1 is 1.19 bits per heavy atom. The van der Waals surface area contributed by atoms with E-state index in [0.29, 0.717) is 12.0 Å². The Kier molecular flexibility index (Phi) is 4.15. The number of nitrogen functional groups attached to an aromatic ring is 1. The smallest absolute Gasteiger partial charge is 0.220 e. The van der Waals surface area contributed by atoms with Crippen LogP contribution >= 0.6 is 0 Å². The Hall–Kier alpha value is -1.94. The predicted octanol–water partition coefficient (Wildman–Crippen LogP) is 3.09. The molecule has 0 radical (unpaired) electrons. The molecule has 0 aliphatic carbocycles. The zero-order valence-corrected chi connectivity index (χ0v) is 12.5. The highest BCUT2D eigenvalue weighted by molar-refractivity contribution is 5.23. The summed E-state index contributed by atoms with van der Waals surface area (Å²) in [7, 11) is 0. The van der Waals surface area contributed by atoms with Crippen LogP contribution in [0.3, 0.4) is 0 Å². The fourth-order valence-corrected chi connectivity index (χ4v) is 3.02. The lowest BCUT2D eigenvalue weighted by atomic mass is 9.98. The molecule has 21 heavy (non-hydrogen) atoms. The third-order valence-electron chi connectivity index (χ3n) is 4.16. The number of piperidine rings is 1. The fourth-order valence-electron chi connectivity index (χ4n) is 3.02. The molecule has 0 spiro atoms. The van der Waals surface area contributed by atoms with Crippen molar-refractivity contribution in [1.29, 1.82) is 0 Å². The lowest BCUT2D eigenvalue weighted by Crippen LogP contribution is -2.33. The molecule has 1 aliphatic heterocycles. The van der Waals surface area contributed by atoms with Gasteiger partial charge >= 0.3 is 0 Å². The molecule has 1 aromatic carbocycles. The number of hydrogen-bond donors (Lipinski definition) is 1. The van der Waals surface area contributed by atoms with E-state index in [9.17, 15) is 0 Å². The number of anilines is 1. The van der Waals surface area contributed by atoms with Crippen LogP contribution in [0.5, 0.6) is 0 Å². The van der Waals surface area contributed by atoms with Crippen LogP contribution < -0.4 is 5.73 Å². The number of aryl methyl sites for hydroxylation is 1. The van der Waals surface area contributed by atoms with Crippen LogP contribution in [0, 0.1) is 6.92 Å². The Morgan fingerprint density at radius 3 is 2.76 bits per heavy atom. The maximum atomic E-state index is 5.74. The lowest BCUT2D eigenvalue weighted by Gasteiger charge is -2.35. The number of nitrogens with two attached hydrogens (primary N) is 1. The number of hydrogen-bond acceptors (Lipinski definition) is 4. The van der Waals surface area contributed by atoms with Crippen molar-refractivity contribution in [2.75, 3.05) is 12.3 Å². The van der Waals surface area contributed by atoms with Gasteiger partial charge in [0.15, 0.2) is 0 Å². The van der Waals surface area contributed by atoms with Crippen molar-refractivity contribution >= 4 is 5.95 Å². The predicted molar refractivity (Wildman–Crippen MR) is 84.6 cm³/mol. The number of nitrogens with zero attached hydrogens (tertiary/aromatic N) is 3. The van der Waals surface area contributed by atoms with Crippen LogP contribution in [0.15, 0.2) is 36.5 Å². The van der Waals surface area contributed by atoms with E-state index in [1.54, 1.807) is 6.20 Å². The van der Waals surface area contributed by atoms with Crippen LogP contribution in [0.25, 0.3) is 0 Å². The first-order chi connectivity index (χ1) is 10.2. The highest BCUT2D eigenvalue weighted by Crippen LogP contribution is 2.31. The van der Waals surface area contributed by atoms with Crippen LogP contribution in [0.2, 0.25) is 0 Å². The van der Waals surface area contributed by atoms with Gasteiger partial charge in [0.25, 0.3) is 0 Å². The van der Waals surface area contributed by atoms with Crippen LogP contribution in [-0.2, 0) is 6.54 Å². The normalized spacial score (nSPS) is 19.6. The minimum atomic E-state index is 0.352. The van der Waals surface area contributed by atoms with E-state index in [4.69, 9.17) is 5.73 Å². The third kappa shape index (κ3) is 3.39. The van der Waals surface area contributed by atoms with Gasteiger partial charge in [-0.1, -0.05) is 36.2 Å². The molecule has 0 amide bonds. The summed E-state index contributed by atoms with van der Waals surface area (Å²) in [6.07, 6.45) is 5.40. The molecule has 2 aromatic rings. The average Bonchev–Trinajstić information content (AvgIpc) is 2.50. The maximum Gasteiger partial charge on any atom is 0.220 e. The molecule has 1 atom stereocenters. The van der Waals surface area contributed by atoms with E-state index >= 15 is 0 Å². The minimum Gasteiger partial charge on any atom is -0.368 e. The van der Waals surface area contributed by atoms with E-state index in [1.165, 1.54) is 24.0 Å². The SMILES string of the molecule is Cc1ccc(CN2CCCCC2c2ccnc(N)n2)cc1. The van der Waals surface area contributed by atoms with Crippen molar-refractivity contribution in [3.8, 4) is 0 Å². The molecule has 1 aliphatic rings. The summed E-state index contributed by atoms with van der Waals surface area (Å²) in [6, 6.07) is 11.1. The first-order valence-corrected chi connectivity index (χ1v) is 7.60. The second-order valence-electron chi connectivity index (χ2n) is 5.81. The van der Waals surface area contributed by atoms with E-state index < -0.39 is 0 Å². The van der Waals surface area contributed by atoms with Gasteiger partial charge in [-0.2, -0.15) is 0 Å². The van der Waals surface area contributed by atoms with Gasteiger partial charge in [-0.25, -0.2) is 9.97 Å². The molecule has 0 saturated carbocycles. The van der Waals surface area contributed by atoms with Crippen LogP contribution in [-0.4, -0.2) is 21.4 Å².